The number of nitrogens with zero attached hydrogens (tertiary/aromatic N) is 3. The number of carbonyl (C=O) groups is 1. The van der Waals surface area contributed by atoms with Crippen molar-refractivity contribution < 1.29 is 13.7 Å². The Hall–Kier alpha value is -1.99. The summed E-state index contributed by atoms with van der Waals surface area (Å²) in [5.74, 6) is 0.581. The number of halogens is 2. The van der Waals surface area contributed by atoms with E-state index < -0.39 is 5.82 Å². The van der Waals surface area contributed by atoms with E-state index >= 15 is 0 Å². The average molecular weight is 381 g/mol. The summed E-state index contributed by atoms with van der Waals surface area (Å²) in [5.41, 5.74) is 0.470. The number of hydrogen-bond acceptors (Lipinski definition) is 5. The monoisotopic (exact) mass is 380 g/mol. The van der Waals surface area contributed by atoms with Crippen LogP contribution in [-0.2, 0) is 11.2 Å². The lowest BCUT2D eigenvalue weighted by Crippen LogP contribution is -2.39. The van der Waals surface area contributed by atoms with Gasteiger partial charge in [0.25, 0.3) is 0 Å². The van der Waals surface area contributed by atoms with Crippen molar-refractivity contribution in [2.45, 2.75) is 45.1 Å². The summed E-state index contributed by atoms with van der Waals surface area (Å²) in [6, 6.07) is 4.07. The highest BCUT2D eigenvalue weighted by molar-refractivity contribution is 6.31. The van der Waals surface area contributed by atoms with Gasteiger partial charge in [-0.2, -0.15) is 4.98 Å². The van der Waals surface area contributed by atoms with Crippen LogP contribution in [0.25, 0.3) is 0 Å². The Bertz CT molecular complexity index is 767. The molecule has 0 radical (unpaired) electrons. The normalized spacial score (nSPS) is 18.0. The number of benzene rings is 1. The molecule has 0 saturated carbocycles. The Labute approximate surface area is 156 Å². The number of aryl methyl sites for hydroxylation is 1. The highest BCUT2D eigenvalue weighted by atomic mass is 35.5. The lowest BCUT2D eigenvalue weighted by atomic mass is 10.0. The molecule has 3 rings (SSSR count). The second-order valence-electron chi connectivity index (χ2n) is 6.46. The SMILES string of the molecule is CCCc1noc([C@@H]2CCCCN2CC(=O)Nc2ccc(F)c(Cl)c2)n1. The van der Waals surface area contributed by atoms with Gasteiger partial charge in [0.2, 0.25) is 11.8 Å². The first kappa shape index (κ1) is 18.8. The van der Waals surface area contributed by atoms with Crippen LogP contribution in [0.15, 0.2) is 22.7 Å². The minimum absolute atomic E-state index is 0.0204. The molecule has 0 bridgehead atoms. The number of nitrogens with one attached hydrogen (secondary N) is 1. The van der Waals surface area contributed by atoms with Gasteiger partial charge >= 0.3 is 0 Å². The number of piperidine rings is 1. The first-order valence-electron chi connectivity index (χ1n) is 8.88. The van der Waals surface area contributed by atoms with E-state index in [1.807, 2.05) is 4.90 Å². The molecule has 140 valence electrons. The molecule has 1 saturated heterocycles. The molecule has 26 heavy (non-hydrogen) atoms. The number of likely N-dealkylation sites (tertiary alicyclic amines) is 1. The van der Waals surface area contributed by atoms with Gasteiger partial charge in [-0.1, -0.05) is 30.1 Å². The number of anilines is 1. The van der Waals surface area contributed by atoms with Gasteiger partial charge in [-0.05, 0) is 44.0 Å². The molecular formula is C18H22ClFN4O2. The van der Waals surface area contributed by atoms with Gasteiger partial charge < -0.3 is 9.84 Å². The Kier molecular flexibility index (Phi) is 6.21. The van der Waals surface area contributed by atoms with Crippen molar-refractivity contribution in [1.29, 1.82) is 0 Å². The van der Waals surface area contributed by atoms with E-state index in [9.17, 15) is 9.18 Å². The largest absolute Gasteiger partial charge is 0.338 e. The molecule has 1 aliphatic rings. The van der Waals surface area contributed by atoms with Gasteiger partial charge in [-0.3, -0.25) is 9.69 Å². The zero-order valence-corrected chi connectivity index (χ0v) is 15.4. The van der Waals surface area contributed by atoms with Crippen LogP contribution in [0.3, 0.4) is 0 Å². The first-order chi connectivity index (χ1) is 12.6. The van der Waals surface area contributed by atoms with Crippen molar-refractivity contribution in [3.05, 3.63) is 40.8 Å². The summed E-state index contributed by atoms with van der Waals surface area (Å²) < 4.78 is 18.7. The zero-order chi connectivity index (χ0) is 18.5. The van der Waals surface area contributed by atoms with Gasteiger partial charge in [-0.15, -0.1) is 0 Å². The molecule has 2 aromatic rings. The highest BCUT2D eigenvalue weighted by Crippen LogP contribution is 2.30. The second-order valence-corrected chi connectivity index (χ2v) is 6.87. The van der Waals surface area contributed by atoms with Gasteiger partial charge in [0.05, 0.1) is 17.6 Å². The van der Waals surface area contributed by atoms with Crippen molar-refractivity contribution in [2.75, 3.05) is 18.4 Å². The minimum atomic E-state index is -0.514. The van der Waals surface area contributed by atoms with Crippen LogP contribution >= 0.6 is 11.6 Å². The third kappa shape index (κ3) is 4.59. The van der Waals surface area contributed by atoms with Crippen molar-refractivity contribution in [1.82, 2.24) is 15.0 Å². The molecular weight excluding hydrogens is 359 g/mol. The highest BCUT2D eigenvalue weighted by Gasteiger charge is 2.30. The quantitative estimate of drug-likeness (QED) is 0.820. The Morgan fingerprint density at radius 1 is 1.46 bits per heavy atom. The summed E-state index contributed by atoms with van der Waals surface area (Å²) in [7, 11) is 0. The number of aromatic nitrogens is 2. The van der Waals surface area contributed by atoms with Crippen LogP contribution in [0.4, 0.5) is 10.1 Å². The van der Waals surface area contributed by atoms with E-state index in [1.165, 1.54) is 18.2 Å². The van der Waals surface area contributed by atoms with Crippen LogP contribution in [0.1, 0.15) is 50.4 Å². The van der Waals surface area contributed by atoms with Gasteiger partial charge in [0.1, 0.15) is 5.82 Å². The predicted molar refractivity (Wildman–Crippen MR) is 96.5 cm³/mol. The average Bonchev–Trinajstić information content (AvgIpc) is 3.07. The van der Waals surface area contributed by atoms with Gasteiger partial charge in [-0.25, -0.2) is 4.39 Å². The third-order valence-electron chi connectivity index (χ3n) is 4.41. The van der Waals surface area contributed by atoms with E-state index in [4.69, 9.17) is 16.1 Å². The van der Waals surface area contributed by atoms with Crippen molar-refractivity contribution in [3.63, 3.8) is 0 Å². The van der Waals surface area contributed by atoms with Gasteiger partial charge in [0.15, 0.2) is 5.82 Å². The van der Waals surface area contributed by atoms with E-state index in [0.29, 0.717) is 17.4 Å². The van der Waals surface area contributed by atoms with Crippen LogP contribution in [0, 0.1) is 5.82 Å². The fraction of sp³-hybridized carbons (Fsp3) is 0.500. The van der Waals surface area contributed by atoms with E-state index in [1.54, 1.807) is 0 Å². The maximum absolute atomic E-state index is 13.2. The van der Waals surface area contributed by atoms with E-state index in [2.05, 4.69) is 22.4 Å². The standard InChI is InChI=1S/C18H22ClFN4O2/c1-2-5-16-22-18(26-23-16)15-6-3-4-9-24(15)11-17(25)21-12-7-8-14(20)13(19)10-12/h7-8,10,15H,2-6,9,11H2,1H3,(H,21,25)/t15-/m0/s1. The number of hydrogen-bond donors (Lipinski definition) is 1. The Morgan fingerprint density at radius 2 is 2.31 bits per heavy atom. The molecule has 1 fully saturated rings. The fourth-order valence-electron chi connectivity index (χ4n) is 3.15. The maximum atomic E-state index is 13.2. The first-order valence-corrected chi connectivity index (χ1v) is 9.26. The van der Waals surface area contributed by atoms with Crippen molar-refractivity contribution >= 4 is 23.2 Å². The summed E-state index contributed by atoms with van der Waals surface area (Å²) >= 11 is 5.76. The molecule has 1 aromatic heterocycles. The number of rotatable bonds is 6. The summed E-state index contributed by atoms with van der Waals surface area (Å²) in [6.45, 7) is 3.05. The molecule has 1 amide bonds. The molecule has 1 aromatic carbocycles. The van der Waals surface area contributed by atoms with Crippen molar-refractivity contribution in [3.8, 4) is 0 Å². The molecule has 2 heterocycles. The molecule has 0 unspecified atom stereocenters. The second kappa shape index (κ2) is 8.60. The number of carbonyl (C=O) groups excluding carboxylic acids is 1. The molecule has 1 aliphatic heterocycles. The molecule has 1 N–H and O–H groups in total. The van der Waals surface area contributed by atoms with Gasteiger partial charge in [0, 0.05) is 12.1 Å². The molecule has 8 heteroatoms. The molecule has 0 aliphatic carbocycles. The lowest BCUT2D eigenvalue weighted by Gasteiger charge is -2.32. The molecule has 0 spiro atoms. The van der Waals surface area contributed by atoms with Crippen molar-refractivity contribution in [2.24, 2.45) is 0 Å². The smallest absolute Gasteiger partial charge is 0.244 e. The summed E-state index contributed by atoms with van der Waals surface area (Å²) in [6.07, 6.45) is 4.69. The lowest BCUT2D eigenvalue weighted by molar-refractivity contribution is -0.118. The molecule has 6 nitrogen and oxygen atoms in total. The van der Waals surface area contributed by atoms with Crippen LogP contribution < -0.4 is 5.32 Å². The number of amides is 1. The van der Waals surface area contributed by atoms with Crippen LogP contribution in [-0.4, -0.2) is 34.0 Å². The molecule has 1 atom stereocenters. The van der Waals surface area contributed by atoms with E-state index in [-0.39, 0.29) is 23.5 Å². The Balaban J connectivity index is 1.65. The van der Waals surface area contributed by atoms with Crippen LogP contribution in [0.5, 0.6) is 0 Å². The topological polar surface area (TPSA) is 71.3 Å². The summed E-state index contributed by atoms with van der Waals surface area (Å²) in [5, 5.41) is 6.75. The predicted octanol–water partition coefficient (Wildman–Crippen LogP) is 3.98. The Morgan fingerprint density at radius 3 is 3.08 bits per heavy atom. The third-order valence-corrected chi connectivity index (χ3v) is 4.70. The summed E-state index contributed by atoms with van der Waals surface area (Å²) in [4.78, 5) is 18.9. The van der Waals surface area contributed by atoms with E-state index in [0.717, 1.165) is 38.6 Å². The minimum Gasteiger partial charge on any atom is -0.338 e. The fourth-order valence-corrected chi connectivity index (χ4v) is 3.33. The maximum Gasteiger partial charge on any atom is 0.244 e. The zero-order valence-electron chi connectivity index (χ0n) is 14.7. The van der Waals surface area contributed by atoms with Crippen LogP contribution in [0.2, 0.25) is 5.02 Å².